The van der Waals surface area contributed by atoms with E-state index >= 15 is 0 Å². The maximum absolute atomic E-state index is 12.0. The number of aliphatic hydroxyl groups is 1. The maximum atomic E-state index is 12.0. The highest BCUT2D eigenvalue weighted by molar-refractivity contribution is 5.83. The Kier molecular flexibility index (Phi) is 3.65. The van der Waals surface area contributed by atoms with Crippen molar-refractivity contribution in [1.82, 2.24) is 4.90 Å². The van der Waals surface area contributed by atoms with Crippen molar-refractivity contribution in [3.05, 3.63) is 0 Å². The lowest BCUT2D eigenvalue weighted by Crippen LogP contribution is -2.35. The number of ketones is 1. The van der Waals surface area contributed by atoms with Crippen molar-refractivity contribution in [3.63, 3.8) is 0 Å². The minimum absolute atomic E-state index is 0.305. The molecule has 0 aromatic heterocycles. The van der Waals surface area contributed by atoms with Crippen LogP contribution in [0.4, 0.5) is 0 Å². The molecule has 0 spiro atoms. The van der Waals surface area contributed by atoms with Crippen LogP contribution in [0.1, 0.15) is 45.4 Å². The first-order valence-corrected chi connectivity index (χ1v) is 6.54. The van der Waals surface area contributed by atoms with E-state index in [1.165, 1.54) is 19.3 Å². The fourth-order valence-electron chi connectivity index (χ4n) is 2.95. The number of carbonyl (C=O) groups is 1. The van der Waals surface area contributed by atoms with Crippen molar-refractivity contribution < 1.29 is 9.90 Å². The van der Waals surface area contributed by atoms with Crippen molar-refractivity contribution in [2.45, 2.75) is 51.0 Å². The van der Waals surface area contributed by atoms with Crippen molar-refractivity contribution in [1.29, 1.82) is 0 Å². The van der Waals surface area contributed by atoms with Gasteiger partial charge in [-0.3, -0.25) is 9.69 Å². The molecule has 0 amide bonds. The summed E-state index contributed by atoms with van der Waals surface area (Å²) in [6.07, 6.45) is 6.70. The summed E-state index contributed by atoms with van der Waals surface area (Å²) in [7, 11) is 0. The summed E-state index contributed by atoms with van der Waals surface area (Å²) in [6, 6.07) is 0. The summed E-state index contributed by atoms with van der Waals surface area (Å²) in [5.74, 6) is 0.705. The van der Waals surface area contributed by atoms with Gasteiger partial charge in [0.15, 0.2) is 0 Å². The highest BCUT2D eigenvalue weighted by Crippen LogP contribution is 2.26. The lowest BCUT2D eigenvalue weighted by Gasteiger charge is -2.23. The van der Waals surface area contributed by atoms with Gasteiger partial charge in [0, 0.05) is 19.0 Å². The molecule has 1 unspecified atom stereocenters. The molecule has 1 saturated heterocycles. The lowest BCUT2D eigenvalue weighted by atomic mass is 9.86. The van der Waals surface area contributed by atoms with Gasteiger partial charge in [0.2, 0.25) is 0 Å². The van der Waals surface area contributed by atoms with E-state index in [2.05, 4.69) is 4.90 Å². The van der Waals surface area contributed by atoms with Crippen LogP contribution in [0.15, 0.2) is 0 Å². The first-order chi connectivity index (χ1) is 7.57. The topological polar surface area (TPSA) is 40.5 Å². The van der Waals surface area contributed by atoms with E-state index in [-0.39, 0.29) is 0 Å². The molecule has 1 aliphatic heterocycles. The lowest BCUT2D eigenvalue weighted by molar-refractivity contribution is -0.124. The highest BCUT2D eigenvalue weighted by Gasteiger charge is 2.33. The second-order valence-electron chi connectivity index (χ2n) is 5.76. The molecular formula is C13H23NO2. The van der Waals surface area contributed by atoms with Gasteiger partial charge in [0.25, 0.3) is 0 Å². The van der Waals surface area contributed by atoms with E-state index in [0.29, 0.717) is 24.8 Å². The molecule has 3 nitrogen and oxygen atoms in total. The average Bonchev–Trinajstić information content (AvgIpc) is 2.59. The summed E-state index contributed by atoms with van der Waals surface area (Å²) in [5.41, 5.74) is -0.577. The Morgan fingerprint density at radius 2 is 2.06 bits per heavy atom. The monoisotopic (exact) mass is 225 g/mol. The molecule has 0 radical (unpaired) electrons. The third-order valence-corrected chi connectivity index (χ3v) is 3.97. The zero-order valence-electron chi connectivity index (χ0n) is 10.2. The summed E-state index contributed by atoms with van der Waals surface area (Å²) >= 11 is 0. The predicted octanol–water partition coefficient (Wildman–Crippen LogP) is 1.59. The largest absolute Gasteiger partial charge is 0.389 e. The average molecular weight is 225 g/mol. The van der Waals surface area contributed by atoms with Gasteiger partial charge >= 0.3 is 0 Å². The Labute approximate surface area is 97.8 Å². The molecular weight excluding hydrogens is 202 g/mol. The minimum atomic E-state index is -0.577. The molecule has 1 heterocycles. The molecule has 0 aromatic carbocycles. The van der Waals surface area contributed by atoms with Crippen molar-refractivity contribution in [3.8, 4) is 0 Å². The smallest absolute Gasteiger partial charge is 0.149 e. The van der Waals surface area contributed by atoms with Gasteiger partial charge in [-0.2, -0.15) is 0 Å². The Morgan fingerprint density at radius 1 is 1.38 bits per heavy atom. The quantitative estimate of drug-likeness (QED) is 0.793. The van der Waals surface area contributed by atoms with E-state index in [1.54, 1.807) is 0 Å². The van der Waals surface area contributed by atoms with Gasteiger partial charge in [0.1, 0.15) is 5.78 Å². The van der Waals surface area contributed by atoms with E-state index in [0.717, 1.165) is 25.8 Å². The number of likely N-dealkylation sites (tertiary alicyclic amines) is 1. The Morgan fingerprint density at radius 3 is 2.62 bits per heavy atom. The van der Waals surface area contributed by atoms with Gasteiger partial charge in [-0.25, -0.2) is 0 Å². The van der Waals surface area contributed by atoms with E-state index in [9.17, 15) is 9.90 Å². The number of hydrogen-bond donors (Lipinski definition) is 1. The third-order valence-electron chi connectivity index (χ3n) is 3.97. The van der Waals surface area contributed by atoms with Crippen LogP contribution in [0, 0.1) is 5.92 Å². The number of carbonyl (C=O) groups excluding carboxylic acids is 1. The Hall–Kier alpha value is -0.410. The molecule has 92 valence electrons. The van der Waals surface area contributed by atoms with Crippen LogP contribution in [0.25, 0.3) is 0 Å². The summed E-state index contributed by atoms with van der Waals surface area (Å²) in [5, 5.41) is 9.84. The van der Waals surface area contributed by atoms with Crippen LogP contribution in [0.5, 0.6) is 0 Å². The number of Topliss-reactive ketones (excluding diaryl/α,β-unsaturated/α-hetero) is 1. The van der Waals surface area contributed by atoms with Gasteiger partial charge in [0.05, 0.1) is 12.1 Å². The zero-order valence-corrected chi connectivity index (χ0v) is 10.2. The van der Waals surface area contributed by atoms with Crippen LogP contribution >= 0.6 is 0 Å². The summed E-state index contributed by atoms with van der Waals surface area (Å²) in [6.45, 7) is 3.94. The van der Waals surface area contributed by atoms with Crippen molar-refractivity contribution in [2.75, 3.05) is 19.6 Å². The highest BCUT2D eigenvalue weighted by atomic mass is 16.3. The second kappa shape index (κ2) is 4.84. The predicted molar refractivity (Wildman–Crippen MR) is 63.3 cm³/mol. The van der Waals surface area contributed by atoms with Crippen LogP contribution in [0.2, 0.25) is 0 Å². The Bertz CT molecular complexity index is 257. The molecule has 3 heteroatoms. The maximum Gasteiger partial charge on any atom is 0.149 e. The molecule has 2 fully saturated rings. The van der Waals surface area contributed by atoms with Gasteiger partial charge < -0.3 is 5.11 Å². The number of nitrogens with zero attached hydrogens (tertiary/aromatic N) is 1. The number of rotatable bonds is 3. The van der Waals surface area contributed by atoms with Gasteiger partial charge in [-0.05, 0) is 26.2 Å². The number of β-amino-alcohol motifs (C(OH)–C–C–N with tert-alkyl or cyclic N) is 1. The van der Waals surface area contributed by atoms with Crippen LogP contribution in [-0.4, -0.2) is 41.0 Å². The molecule has 0 aromatic rings. The van der Waals surface area contributed by atoms with Crippen molar-refractivity contribution in [2.24, 2.45) is 5.92 Å². The molecule has 1 atom stereocenters. The minimum Gasteiger partial charge on any atom is -0.389 e. The van der Waals surface area contributed by atoms with E-state index in [4.69, 9.17) is 0 Å². The fraction of sp³-hybridized carbons (Fsp3) is 0.923. The van der Waals surface area contributed by atoms with Crippen LogP contribution in [0.3, 0.4) is 0 Å². The molecule has 1 saturated carbocycles. The van der Waals surface area contributed by atoms with Crippen molar-refractivity contribution >= 4 is 5.78 Å². The summed E-state index contributed by atoms with van der Waals surface area (Å²) in [4.78, 5) is 14.1. The molecule has 0 bridgehead atoms. The third kappa shape index (κ3) is 3.05. The first-order valence-electron chi connectivity index (χ1n) is 6.54. The Balaban J connectivity index is 1.79. The van der Waals surface area contributed by atoms with E-state index in [1.807, 2.05) is 6.92 Å². The number of hydrogen-bond acceptors (Lipinski definition) is 3. The molecule has 1 N–H and O–H groups in total. The molecule has 2 aliphatic rings. The standard InChI is InChI=1S/C13H23NO2/c1-13(16)7-8-14(10-13)9-12(15)11-5-3-2-4-6-11/h11,16H,2-10H2,1H3. The van der Waals surface area contributed by atoms with Gasteiger partial charge in [-0.15, -0.1) is 0 Å². The van der Waals surface area contributed by atoms with Crippen LogP contribution < -0.4 is 0 Å². The normalized spacial score (nSPS) is 33.1. The van der Waals surface area contributed by atoms with Gasteiger partial charge in [-0.1, -0.05) is 19.3 Å². The second-order valence-corrected chi connectivity index (χ2v) is 5.76. The fourth-order valence-corrected chi connectivity index (χ4v) is 2.95. The summed E-state index contributed by atoms with van der Waals surface area (Å²) < 4.78 is 0. The zero-order chi connectivity index (χ0) is 11.6. The molecule has 2 rings (SSSR count). The van der Waals surface area contributed by atoms with Crippen LogP contribution in [-0.2, 0) is 4.79 Å². The SMILES string of the molecule is CC1(O)CCN(CC(=O)C2CCCCC2)C1. The first kappa shape index (κ1) is 12.1. The van der Waals surface area contributed by atoms with E-state index < -0.39 is 5.60 Å². The molecule has 16 heavy (non-hydrogen) atoms. The molecule has 1 aliphatic carbocycles.